The third kappa shape index (κ3) is 4.53. The van der Waals surface area contributed by atoms with Gasteiger partial charge in [-0.05, 0) is 43.4 Å². The minimum absolute atomic E-state index is 0.205. The van der Waals surface area contributed by atoms with Crippen LogP contribution in [0, 0.1) is 13.8 Å². The molecule has 0 heterocycles. The molecule has 20 heavy (non-hydrogen) atoms. The van der Waals surface area contributed by atoms with E-state index >= 15 is 0 Å². The summed E-state index contributed by atoms with van der Waals surface area (Å²) in [4.78, 5) is 23.1. The number of carbonyl (C=O) groups excluding carboxylic acids is 1. The van der Waals surface area contributed by atoms with Gasteiger partial charge in [0.2, 0.25) is 5.91 Å². The van der Waals surface area contributed by atoms with E-state index in [-0.39, 0.29) is 12.3 Å². The normalized spacial score (nSPS) is 11.7. The molecule has 0 fully saturated rings. The molecule has 0 spiro atoms. The molecule has 0 saturated carbocycles. The van der Waals surface area contributed by atoms with Gasteiger partial charge in [0.25, 0.3) is 0 Å². The lowest BCUT2D eigenvalue weighted by atomic mass is 9.99. The molecule has 0 aliphatic heterocycles. The molecule has 0 saturated heterocycles. The van der Waals surface area contributed by atoms with Crippen molar-refractivity contribution in [3.8, 4) is 0 Å². The van der Waals surface area contributed by atoms with Crippen molar-refractivity contribution in [1.29, 1.82) is 0 Å². The number of carboxylic acid groups (broad SMARTS) is 1. The van der Waals surface area contributed by atoms with Crippen LogP contribution < -0.4 is 5.32 Å². The van der Waals surface area contributed by atoms with Crippen LogP contribution in [0.2, 0.25) is 0 Å². The van der Waals surface area contributed by atoms with E-state index in [9.17, 15) is 9.59 Å². The molecule has 1 aromatic carbocycles. The summed E-state index contributed by atoms with van der Waals surface area (Å²) in [5.74, 6) is -1.28. The zero-order valence-electron chi connectivity index (χ0n) is 12.0. The number of aryl methyl sites for hydroxylation is 2. The maximum Gasteiger partial charge on any atom is 0.326 e. The quantitative estimate of drug-likeness (QED) is 0.751. The highest BCUT2D eigenvalue weighted by Gasteiger charge is 2.19. The Bertz CT molecular complexity index is 488. The fraction of sp³-hybridized carbons (Fsp3) is 0.375. The number of hydrogen-bond donors (Lipinski definition) is 2. The van der Waals surface area contributed by atoms with Gasteiger partial charge in [0.15, 0.2) is 0 Å². The highest BCUT2D eigenvalue weighted by Crippen LogP contribution is 2.14. The molecular weight excluding hydrogens is 254 g/mol. The molecule has 1 rings (SSSR count). The molecule has 4 nitrogen and oxygen atoms in total. The van der Waals surface area contributed by atoms with Crippen LogP contribution in [0.15, 0.2) is 30.9 Å². The number of carboxylic acids is 1. The fourth-order valence-corrected chi connectivity index (χ4v) is 2.08. The highest BCUT2D eigenvalue weighted by molar-refractivity contribution is 5.85. The summed E-state index contributed by atoms with van der Waals surface area (Å²) in [6.45, 7) is 7.45. The summed E-state index contributed by atoms with van der Waals surface area (Å²) in [7, 11) is 0. The Morgan fingerprint density at radius 3 is 2.45 bits per heavy atom. The third-order valence-corrected chi connectivity index (χ3v) is 3.27. The van der Waals surface area contributed by atoms with Gasteiger partial charge in [-0.15, -0.1) is 6.58 Å². The van der Waals surface area contributed by atoms with Crippen molar-refractivity contribution >= 4 is 11.9 Å². The number of amides is 1. The Morgan fingerprint density at radius 1 is 1.35 bits per heavy atom. The largest absolute Gasteiger partial charge is 0.480 e. The van der Waals surface area contributed by atoms with E-state index in [2.05, 4.69) is 11.9 Å². The first-order chi connectivity index (χ1) is 9.45. The number of nitrogens with one attached hydrogen (secondary N) is 1. The predicted octanol–water partition coefficient (Wildman–Crippen LogP) is 2.38. The summed E-state index contributed by atoms with van der Waals surface area (Å²) < 4.78 is 0. The van der Waals surface area contributed by atoms with Gasteiger partial charge < -0.3 is 10.4 Å². The van der Waals surface area contributed by atoms with E-state index in [1.807, 2.05) is 32.0 Å². The summed E-state index contributed by atoms with van der Waals surface area (Å²) in [5.41, 5.74) is 3.04. The summed E-state index contributed by atoms with van der Waals surface area (Å²) in [6.07, 6.45) is 2.77. The van der Waals surface area contributed by atoms with Gasteiger partial charge in [-0.25, -0.2) is 4.79 Å². The van der Waals surface area contributed by atoms with Gasteiger partial charge in [0, 0.05) is 0 Å². The average Bonchev–Trinajstić information content (AvgIpc) is 2.38. The van der Waals surface area contributed by atoms with Crippen LogP contribution in [0.5, 0.6) is 0 Å². The van der Waals surface area contributed by atoms with Crippen LogP contribution in [0.1, 0.15) is 29.5 Å². The van der Waals surface area contributed by atoms with Crippen LogP contribution >= 0.6 is 0 Å². The second-order valence-electron chi connectivity index (χ2n) is 4.87. The van der Waals surface area contributed by atoms with Crippen molar-refractivity contribution in [2.24, 2.45) is 0 Å². The topological polar surface area (TPSA) is 66.4 Å². The molecule has 1 amide bonds. The zero-order valence-corrected chi connectivity index (χ0v) is 12.0. The van der Waals surface area contributed by atoms with Crippen LogP contribution in [-0.2, 0) is 16.0 Å². The molecule has 4 heteroatoms. The van der Waals surface area contributed by atoms with Crippen molar-refractivity contribution in [1.82, 2.24) is 5.32 Å². The lowest BCUT2D eigenvalue weighted by molar-refractivity contribution is -0.141. The average molecular weight is 275 g/mol. The van der Waals surface area contributed by atoms with Gasteiger partial charge >= 0.3 is 5.97 Å². The lowest BCUT2D eigenvalue weighted by Gasteiger charge is -2.15. The number of aliphatic carboxylic acids is 1. The number of benzene rings is 1. The molecule has 108 valence electrons. The molecular formula is C16H21NO3. The lowest BCUT2D eigenvalue weighted by Crippen LogP contribution is -2.41. The van der Waals surface area contributed by atoms with Crippen LogP contribution in [0.25, 0.3) is 0 Å². The van der Waals surface area contributed by atoms with E-state index in [0.29, 0.717) is 12.8 Å². The number of rotatable bonds is 7. The SMILES string of the molecule is C=CCCC(NC(=O)Cc1c(C)cccc1C)C(=O)O. The molecule has 1 atom stereocenters. The van der Waals surface area contributed by atoms with Crippen molar-refractivity contribution in [3.63, 3.8) is 0 Å². The first-order valence-electron chi connectivity index (χ1n) is 6.64. The fourth-order valence-electron chi connectivity index (χ4n) is 2.08. The second kappa shape index (κ2) is 7.48. The molecule has 2 N–H and O–H groups in total. The third-order valence-electron chi connectivity index (χ3n) is 3.27. The zero-order chi connectivity index (χ0) is 15.1. The minimum atomic E-state index is -1.01. The van der Waals surface area contributed by atoms with Crippen LogP contribution in [0.4, 0.5) is 0 Å². The maximum absolute atomic E-state index is 12.0. The molecule has 1 aromatic rings. The van der Waals surface area contributed by atoms with Crippen molar-refractivity contribution in [3.05, 3.63) is 47.5 Å². The smallest absolute Gasteiger partial charge is 0.326 e. The standard InChI is InChI=1S/C16H21NO3/c1-4-5-9-14(16(19)20)17-15(18)10-13-11(2)7-6-8-12(13)3/h4,6-8,14H,1,5,9-10H2,2-3H3,(H,17,18)(H,19,20). The molecule has 0 aliphatic carbocycles. The Morgan fingerprint density at radius 2 is 1.95 bits per heavy atom. The van der Waals surface area contributed by atoms with E-state index < -0.39 is 12.0 Å². The van der Waals surface area contributed by atoms with Crippen LogP contribution in [0.3, 0.4) is 0 Å². The number of allylic oxidation sites excluding steroid dienone is 1. The Hall–Kier alpha value is -2.10. The minimum Gasteiger partial charge on any atom is -0.480 e. The monoisotopic (exact) mass is 275 g/mol. The first-order valence-corrected chi connectivity index (χ1v) is 6.64. The Kier molecular flexibility index (Phi) is 5.97. The number of hydrogen-bond acceptors (Lipinski definition) is 2. The van der Waals surface area contributed by atoms with Crippen molar-refractivity contribution in [2.75, 3.05) is 0 Å². The van der Waals surface area contributed by atoms with Crippen molar-refractivity contribution in [2.45, 2.75) is 39.2 Å². The van der Waals surface area contributed by atoms with E-state index in [1.165, 1.54) is 0 Å². The summed E-state index contributed by atoms with van der Waals surface area (Å²) in [6, 6.07) is 4.98. The van der Waals surface area contributed by atoms with E-state index in [0.717, 1.165) is 16.7 Å². The van der Waals surface area contributed by atoms with Gasteiger partial charge in [-0.2, -0.15) is 0 Å². The van der Waals surface area contributed by atoms with Gasteiger partial charge in [0.1, 0.15) is 6.04 Å². The van der Waals surface area contributed by atoms with Gasteiger partial charge in [0.05, 0.1) is 6.42 Å². The molecule has 1 unspecified atom stereocenters. The molecule has 0 radical (unpaired) electrons. The first kappa shape index (κ1) is 16.0. The highest BCUT2D eigenvalue weighted by atomic mass is 16.4. The van der Waals surface area contributed by atoms with E-state index in [1.54, 1.807) is 6.08 Å². The van der Waals surface area contributed by atoms with Crippen LogP contribution in [-0.4, -0.2) is 23.0 Å². The molecule has 0 bridgehead atoms. The molecule has 0 aliphatic rings. The maximum atomic E-state index is 12.0. The Balaban J connectivity index is 2.70. The summed E-state index contributed by atoms with van der Waals surface area (Å²) in [5, 5.41) is 11.6. The molecule has 0 aromatic heterocycles. The van der Waals surface area contributed by atoms with E-state index in [4.69, 9.17) is 5.11 Å². The van der Waals surface area contributed by atoms with Crippen molar-refractivity contribution < 1.29 is 14.7 Å². The van der Waals surface area contributed by atoms with Gasteiger partial charge in [-0.3, -0.25) is 4.79 Å². The second-order valence-corrected chi connectivity index (χ2v) is 4.87. The summed E-state index contributed by atoms with van der Waals surface area (Å²) >= 11 is 0. The Labute approximate surface area is 119 Å². The van der Waals surface area contributed by atoms with Gasteiger partial charge in [-0.1, -0.05) is 24.3 Å². The predicted molar refractivity (Wildman–Crippen MR) is 78.6 cm³/mol. The number of carbonyl (C=O) groups is 2.